The van der Waals surface area contributed by atoms with Crippen molar-refractivity contribution in [1.82, 2.24) is 4.31 Å². The van der Waals surface area contributed by atoms with Gasteiger partial charge in [-0.3, -0.25) is 4.79 Å². The van der Waals surface area contributed by atoms with Crippen molar-refractivity contribution in [2.24, 2.45) is 17.8 Å². The van der Waals surface area contributed by atoms with Crippen LogP contribution >= 0.6 is 11.6 Å². The molecule has 170 valence electrons. The first-order chi connectivity index (χ1) is 15.2. The van der Waals surface area contributed by atoms with Crippen LogP contribution in [0, 0.1) is 17.8 Å². The Hall–Kier alpha value is -1.89. The van der Waals surface area contributed by atoms with Crippen molar-refractivity contribution in [2.75, 3.05) is 18.9 Å². The van der Waals surface area contributed by atoms with Crippen molar-refractivity contribution in [1.29, 1.82) is 0 Å². The highest BCUT2D eigenvalue weighted by Gasteiger charge is 2.51. The molecule has 0 heterocycles. The van der Waals surface area contributed by atoms with E-state index in [1.807, 2.05) is 12.1 Å². The van der Waals surface area contributed by atoms with Crippen molar-refractivity contribution in [2.45, 2.75) is 48.8 Å². The number of nitrogens with zero attached hydrogens (tertiary/aromatic N) is 1. The standard InChI is InChI=1S/C25H29ClN2O3S/c1-28(32(30,31)23-8-4-21(26)5-9-23)16-24(29)27-22-6-2-20(3-7-22)25-13-17-10-18(14-25)12-19(11-17)15-25/h2-9,17-19H,10-16H2,1H3,(H,27,29). The zero-order valence-electron chi connectivity index (χ0n) is 18.3. The second-order valence-corrected chi connectivity index (χ2v) is 12.5. The summed E-state index contributed by atoms with van der Waals surface area (Å²) in [5, 5.41) is 3.30. The number of anilines is 1. The summed E-state index contributed by atoms with van der Waals surface area (Å²) >= 11 is 5.84. The van der Waals surface area contributed by atoms with Gasteiger partial charge in [-0.1, -0.05) is 23.7 Å². The number of rotatable bonds is 6. The van der Waals surface area contributed by atoms with Crippen molar-refractivity contribution < 1.29 is 13.2 Å². The van der Waals surface area contributed by atoms with Gasteiger partial charge in [0, 0.05) is 17.8 Å². The number of likely N-dealkylation sites (N-methyl/N-ethyl adjacent to an activating group) is 1. The van der Waals surface area contributed by atoms with Crippen molar-refractivity contribution in [3.8, 4) is 0 Å². The van der Waals surface area contributed by atoms with Crippen LogP contribution in [-0.4, -0.2) is 32.2 Å². The van der Waals surface area contributed by atoms with Crippen molar-refractivity contribution >= 4 is 33.2 Å². The number of amides is 1. The van der Waals surface area contributed by atoms with E-state index in [1.54, 1.807) is 0 Å². The second kappa shape index (κ2) is 8.15. The van der Waals surface area contributed by atoms with Crippen molar-refractivity contribution in [3.05, 3.63) is 59.1 Å². The van der Waals surface area contributed by atoms with E-state index in [1.165, 1.54) is 75.4 Å². The molecule has 4 aliphatic rings. The molecule has 1 amide bonds. The summed E-state index contributed by atoms with van der Waals surface area (Å²) in [7, 11) is -2.36. The van der Waals surface area contributed by atoms with Crippen LogP contribution in [-0.2, 0) is 20.2 Å². The summed E-state index contributed by atoms with van der Waals surface area (Å²) in [6, 6.07) is 14.2. The van der Waals surface area contributed by atoms with Gasteiger partial charge in [-0.05, 0) is 104 Å². The Morgan fingerprint density at radius 3 is 2.03 bits per heavy atom. The van der Waals surface area contributed by atoms with Crippen molar-refractivity contribution in [3.63, 3.8) is 0 Å². The molecule has 1 N–H and O–H groups in total. The highest BCUT2D eigenvalue weighted by Crippen LogP contribution is 2.60. The van der Waals surface area contributed by atoms with E-state index in [-0.39, 0.29) is 17.3 Å². The molecule has 32 heavy (non-hydrogen) atoms. The largest absolute Gasteiger partial charge is 0.325 e. The van der Waals surface area contributed by atoms with E-state index in [9.17, 15) is 13.2 Å². The summed E-state index contributed by atoms with van der Waals surface area (Å²) < 4.78 is 26.4. The van der Waals surface area contributed by atoms with Crippen LogP contribution in [0.5, 0.6) is 0 Å². The van der Waals surface area contributed by atoms with E-state index in [2.05, 4.69) is 17.4 Å². The van der Waals surface area contributed by atoms with E-state index >= 15 is 0 Å². The first-order valence-corrected chi connectivity index (χ1v) is 13.2. The third-order valence-electron chi connectivity index (χ3n) is 7.71. The van der Waals surface area contributed by atoms with Gasteiger partial charge in [-0.15, -0.1) is 0 Å². The number of halogens is 1. The molecule has 5 nitrogen and oxygen atoms in total. The molecule has 0 radical (unpaired) electrons. The zero-order valence-corrected chi connectivity index (χ0v) is 19.8. The van der Waals surface area contributed by atoms with Gasteiger partial charge in [0.05, 0.1) is 11.4 Å². The fourth-order valence-electron chi connectivity index (χ4n) is 6.65. The summed E-state index contributed by atoms with van der Waals surface area (Å²) in [6.07, 6.45) is 8.16. The molecule has 4 saturated carbocycles. The number of benzene rings is 2. The summed E-state index contributed by atoms with van der Waals surface area (Å²) in [5.74, 6) is 2.30. The smallest absolute Gasteiger partial charge is 0.243 e. The van der Waals surface area contributed by atoms with Gasteiger partial charge >= 0.3 is 0 Å². The molecular formula is C25H29ClN2O3S. The van der Waals surface area contributed by atoms with Crippen LogP contribution in [0.3, 0.4) is 0 Å². The van der Waals surface area contributed by atoms with Crippen LogP contribution in [0.25, 0.3) is 0 Å². The Morgan fingerprint density at radius 2 is 1.50 bits per heavy atom. The quantitative estimate of drug-likeness (QED) is 0.638. The fraction of sp³-hybridized carbons (Fsp3) is 0.480. The average molecular weight is 473 g/mol. The van der Waals surface area contributed by atoms with Gasteiger partial charge in [-0.2, -0.15) is 4.31 Å². The molecule has 4 bridgehead atoms. The maximum atomic E-state index is 12.7. The van der Waals surface area contributed by atoms with Gasteiger partial charge < -0.3 is 5.32 Å². The molecule has 0 atom stereocenters. The molecule has 0 spiro atoms. The Balaban J connectivity index is 1.23. The fourth-order valence-corrected chi connectivity index (χ4v) is 7.90. The van der Waals surface area contributed by atoms with Crippen LogP contribution in [0.1, 0.15) is 44.1 Å². The number of carbonyl (C=O) groups excluding carboxylic acids is 1. The summed E-state index contributed by atoms with van der Waals surface area (Å²) in [5.41, 5.74) is 2.42. The third-order valence-corrected chi connectivity index (χ3v) is 9.78. The van der Waals surface area contributed by atoms with E-state index in [0.29, 0.717) is 16.1 Å². The van der Waals surface area contributed by atoms with Gasteiger partial charge in [0.1, 0.15) is 0 Å². The number of nitrogens with one attached hydrogen (secondary N) is 1. The predicted molar refractivity (Wildman–Crippen MR) is 126 cm³/mol. The van der Waals surface area contributed by atoms with Crippen LogP contribution in [0.15, 0.2) is 53.4 Å². The topological polar surface area (TPSA) is 66.5 Å². The lowest BCUT2D eigenvalue weighted by Gasteiger charge is -2.57. The SMILES string of the molecule is CN(CC(=O)Nc1ccc(C23CC4CC(CC(C4)C2)C3)cc1)S(=O)(=O)c1ccc(Cl)cc1. The molecule has 6 rings (SSSR count). The van der Waals surface area contributed by atoms with Gasteiger partial charge in [0.25, 0.3) is 0 Å². The third kappa shape index (κ3) is 4.09. The maximum Gasteiger partial charge on any atom is 0.243 e. The molecule has 4 aliphatic carbocycles. The minimum absolute atomic E-state index is 0.108. The Bertz CT molecular complexity index is 1080. The highest BCUT2D eigenvalue weighted by atomic mass is 35.5. The molecule has 0 saturated heterocycles. The number of sulfonamides is 1. The van der Waals surface area contributed by atoms with Crippen LogP contribution in [0.2, 0.25) is 5.02 Å². The molecule has 2 aromatic carbocycles. The second-order valence-electron chi connectivity index (χ2n) is 10.0. The number of hydrogen-bond donors (Lipinski definition) is 1. The van der Waals surface area contributed by atoms with Gasteiger partial charge in [0.15, 0.2) is 0 Å². The van der Waals surface area contributed by atoms with E-state index < -0.39 is 10.0 Å². The minimum Gasteiger partial charge on any atom is -0.325 e. The molecule has 0 aliphatic heterocycles. The molecule has 0 aromatic heterocycles. The summed E-state index contributed by atoms with van der Waals surface area (Å²) in [4.78, 5) is 12.6. The minimum atomic E-state index is -3.76. The zero-order chi connectivity index (χ0) is 22.5. The van der Waals surface area contributed by atoms with E-state index in [0.717, 1.165) is 22.1 Å². The maximum absolute atomic E-state index is 12.7. The lowest BCUT2D eigenvalue weighted by molar-refractivity contribution is -0.116. The van der Waals surface area contributed by atoms with Gasteiger partial charge in [0.2, 0.25) is 15.9 Å². The first kappa shape index (κ1) is 21.9. The number of hydrogen-bond acceptors (Lipinski definition) is 3. The predicted octanol–water partition coefficient (Wildman–Crippen LogP) is 5.07. The average Bonchev–Trinajstić information content (AvgIpc) is 2.73. The lowest BCUT2D eigenvalue weighted by atomic mass is 9.48. The monoisotopic (exact) mass is 472 g/mol. The highest BCUT2D eigenvalue weighted by molar-refractivity contribution is 7.89. The Morgan fingerprint density at radius 1 is 0.969 bits per heavy atom. The molecule has 7 heteroatoms. The summed E-state index contributed by atoms with van der Waals surface area (Å²) in [6.45, 7) is -0.262. The lowest BCUT2D eigenvalue weighted by Crippen LogP contribution is -2.48. The van der Waals surface area contributed by atoms with E-state index in [4.69, 9.17) is 11.6 Å². The Labute approximate surface area is 195 Å². The number of carbonyl (C=O) groups is 1. The first-order valence-electron chi connectivity index (χ1n) is 11.4. The molecular weight excluding hydrogens is 444 g/mol. The van der Waals surface area contributed by atoms with Crippen LogP contribution in [0.4, 0.5) is 5.69 Å². The van der Waals surface area contributed by atoms with Crippen LogP contribution < -0.4 is 5.32 Å². The van der Waals surface area contributed by atoms with Gasteiger partial charge in [-0.25, -0.2) is 8.42 Å². The normalized spacial score (nSPS) is 28.8. The molecule has 0 unspecified atom stereocenters. The Kier molecular flexibility index (Phi) is 5.59. The molecule has 2 aromatic rings. The molecule has 4 fully saturated rings.